The van der Waals surface area contributed by atoms with Crippen LogP contribution < -0.4 is 0 Å². The molecule has 37 heavy (non-hydrogen) atoms. The maximum Gasteiger partial charge on any atom is 0.237 e. The molecule has 1 aliphatic rings. The van der Waals surface area contributed by atoms with Gasteiger partial charge in [-0.05, 0) is 9.94 Å². The minimum atomic E-state index is -3.88. The monoisotopic (exact) mass is 534 g/mol. The minimum Gasteiger partial charge on any atom is -0.385 e. The smallest absolute Gasteiger partial charge is 0.237 e. The number of Topliss-reactive ketones (excluding diaryl/α,β-unsaturated/α-hetero) is 4. The highest BCUT2D eigenvalue weighted by molar-refractivity contribution is 6.12. The Morgan fingerprint density at radius 2 is 1.08 bits per heavy atom. The summed E-state index contributed by atoms with van der Waals surface area (Å²) in [4.78, 5) is 58.8. The first-order chi connectivity index (χ1) is 16.1. The van der Waals surface area contributed by atoms with Crippen molar-refractivity contribution < 1.29 is 53.8 Å². The van der Waals surface area contributed by atoms with Gasteiger partial charge >= 0.3 is 0 Å². The average molecular weight is 535 g/mol. The SMILES string of the molecule is CC(C)(C)C(=O)[C@]1(O)[C@@](O)(C(=O)C(C)(C)C)[C@@H](C(=O)C(O)C(C)(C)C)O[C@H](OF)[C@@]1(O)C(=O)C(C)(C)C. The van der Waals surface area contributed by atoms with Crippen molar-refractivity contribution in [1.82, 2.24) is 0 Å². The first-order valence-electron chi connectivity index (χ1n) is 12.1. The summed E-state index contributed by atoms with van der Waals surface area (Å²) in [7, 11) is 0. The molecule has 0 amide bonds. The Balaban J connectivity index is 4.42. The van der Waals surface area contributed by atoms with Crippen molar-refractivity contribution in [3.05, 3.63) is 0 Å². The summed E-state index contributed by atoms with van der Waals surface area (Å²) >= 11 is 0. The number of carbonyl (C=O) groups excluding carboxylic acids is 4. The molecule has 0 aromatic carbocycles. The predicted molar refractivity (Wildman–Crippen MR) is 130 cm³/mol. The van der Waals surface area contributed by atoms with Gasteiger partial charge in [-0.1, -0.05) is 83.1 Å². The van der Waals surface area contributed by atoms with Crippen LogP contribution in [0.4, 0.5) is 4.53 Å². The van der Waals surface area contributed by atoms with Gasteiger partial charge < -0.3 is 25.2 Å². The van der Waals surface area contributed by atoms with Gasteiger partial charge in [0.05, 0.1) is 0 Å². The van der Waals surface area contributed by atoms with Gasteiger partial charge in [-0.3, -0.25) is 19.2 Å². The fourth-order valence-electron chi connectivity index (χ4n) is 4.49. The molecular weight excluding hydrogens is 491 g/mol. The lowest BCUT2D eigenvalue weighted by Gasteiger charge is -2.59. The summed E-state index contributed by atoms with van der Waals surface area (Å²) in [5.74, 6) is -5.66. The maximum absolute atomic E-state index is 14.1. The Morgan fingerprint density at radius 3 is 1.38 bits per heavy atom. The molecule has 214 valence electrons. The Morgan fingerprint density at radius 1 is 0.730 bits per heavy atom. The molecule has 10 nitrogen and oxygen atoms in total. The van der Waals surface area contributed by atoms with Gasteiger partial charge in [0, 0.05) is 16.2 Å². The number of halogens is 1. The molecule has 11 heteroatoms. The molecule has 1 unspecified atom stereocenters. The number of carbonyl (C=O) groups is 4. The summed E-state index contributed by atoms with van der Waals surface area (Å²) in [5.41, 5.74) is -17.4. The zero-order chi connectivity index (χ0) is 30.0. The lowest BCUT2D eigenvalue weighted by molar-refractivity contribution is -0.403. The molecule has 0 saturated carbocycles. The predicted octanol–water partition coefficient (Wildman–Crippen LogP) is 1.63. The molecule has 0 bridgehead atoms. The van der Waals surface area contributed by atoms with E-state index in [1.54, 1.807) is 0 Å². The molecule has 1 fully saturated rings. The van der Waals surface area contributed by atoms with Crippen LogP contribution in [-0.4, -0.2) is 78.9 Å². The van der Waals surface area contributed by atoms with Crippen LogP contribution in [0.1, 0.15) is 83.1 Å². The van der Waals surface area contributed by atoms with E-state index in [-0.39, 0.29) is 0 Å². The van der Waals surface area contributed by atoms with Crippen LogP contribution in [0.25, 0.3) is 0 Å². The van der Waals surface area contributed by atoms with E-state index < -0.39 is 80.1 Å². The van der Waals surface area contributed by atoms with Crippen LogP contribution in [-0.2, 0) is 28.9 Å². The molecule has 6 atom stereocenters. The van der Waals surface area contributed by atoms with Crippen LogP contribution in [0.15, 0.2) is 0 Å². The Labute approximate surface area is 217 Å². The van der Waals surface area contributed by atoms with Crippen LogP contribution in [0.3, 0.4) is 0 Å². The summed E-state index contributed by atoms with van der Waals surface area (Å²) in [6.45, 7) is 15.8. The first kappa shape index (κ1) is 33.4. The summed E-state index contributed by atoms with van der Waals surface area (Å²) in [5, 5.41) is 47.0. The molecule has 4 N–H and O–H groups in total. The van der Waals surface area contributed by atoms with Crippen molar-refractivity contribution in [1.29, 1.82) is 0 Å². The summed E-state index contributed by atoms with van der Waals surface area (Å²) < 4.78 is 19.4. The van der Waals surface area contributed by atoms with Crippen LogP contribution in [0.2, 0.25) is 0 Å². The third-order valence-electron chi connectivity index (χ3n) is 6.58. The van der Waals surface area contributed by atoms with E-state index >= 15 is 0 Å². The minimum absolute atomic E-state index is 1.21. The Hall–Kier alpha value is -1.63. The fourth-order valence-corrected chi connectivity index (χ4v) is 4.49. The first-order valence-corrected chi connectivity index (χ1v) is 12.1. The number of rotatable bonds is 6. The fraction of sp³-hybridized carbons (Fsp3) is 0.846. The van der Waals surface area contributed by atoms with Gasteiger partial charge in [-0.25, -0.2) is 0 Å². The van der Waals surface area contributed by atoms with E-state index in [2.05, 4.69) is 4.94 Å². The number of aliphatic hydroxyl groups excluding tert-OH is 1. The third-order valence-corrected chi connectivity index (χ3v) is 6.58. The van der Waals surface area contributed by atoms with Gasteiger partial charge in [0.15, 0.2) is 34.8 Å². The van der Waals surface area contributed by atoms with E-state index in [0.29, 0.717) is 0 Å². The largest absolute Gasteiger partial charge is 0.385 e. The number of hydrogen-bond donors (Lipinski definition) is 4. The highest BCUT2D eigenvalue weighted by Gasteiger charge is 2.84. The van der Waals surface area contributed by atoms with E-state index in [1.165, 1.54) is 83.1 Å². The van der Waals surface area contributed by atoms with Crippen LogP contribution in [0, 0.1) is 21.7 Å². The number of aliphatic hydroxyl groups is 4. The van der Waals surface area contributed by atoms with Gasteiger partial charge in [0.2, 0.25) is 17.5 Å². The number of ether oxygens (including phenoxy) is 1. The van der Waals surface area contributed by atoms with Crippen LogP contribution >= 0.6 is 0 Å². The molecular formula is C26H43FO10. The quantitative estimate of drug-likeness (QED) is 0.393. The molecule has 0 radical (unpaired) electrons. The van der Waals surface area contributed by atoms with E-state index in [0.717, 1.165) is 0 Å². The molecule has 1 heterocycles. The van der Waals surface area contributed by atoms with Gasteiger partial charge in [0.1, 0.15) is 6.10 Å². The highest BCUT2D eigenvalue weighted by atomic mass is 19.3. The zero-order valence-electron chi connectivity index (χ0n) is 23.8. The average Bonchev–Trinajstić information content (AvgIpc) is 2.72. The van der Waals surface area contributed by atoms with Gasteiger partial charge in [0.25, 0.3) is 0 Å². The second-order valence-corrected chi connectivity index (χ2v) is 14.1. The summed E-state index contributed by atoms with van der Waals surface area (Å²) in [6.07, 6.45) is -7.43. The molecule has 1 aliphatic heterocycles. The van der Waals surface area contributed by atoms with E-state index in [4.69, 9.17) is 4.74 Å². The Bertz CT molecular complexity index is 948. The number of ketones is 4. The highest BCUT2D eigenvalue weighted by Crippen LogP contribution is 2.53. The van der Waals surface area contributed by atoms with Crippen molar-refractivity contribution in [2.24, 2.45) is 21.7 Å². The molecule has 0 aromatic rings. The molecule has 1 rings (SSSR count). The maximum atomic E-state index is 14.1. The molecule has 0 spiro atoms. The normalized spacial score (nSPS) is 32.6. The van der Waals surface area contributed by atoms with Crippen molar-refractivity contribution in [2.75, 3.05) is 0 Å². The zero-order valence-corrected chi connectivity index (χ0v) is 23.8. The summed E-state index contributed by atoms with van der Waals surface area (Å²) in [6, 6.07) is 0. The Kier molecular flexibility index (Phi) is 8.60. The lowest BCUT2D eigenvalue weighted by Crippen LogP contribution is -2.89. The van der Waals surface area contributed by atoms with Gasteiger partial charge in [-0.2, -0.15) is 4.94 Å². The lowest BCUT2D eigenvalue weighted by atomic mass is 9.52. The molecule has 1 saturated heterocycles. The second kappa shape index (κ2) is 9.53. The van der Waals surface area contributed by atoms with Crippen LogP contribution in [0.5, 0.6) is 0 Å². The van der Waals surface area contributed by atoms with E-state index in [9.17, 15) is 44.1 Å². The van der Waals surface area contributed by atoms with Crippen molar-refractivity contribution in [3.63, 3.8) is 0 Å². The van der Waals surface area contributed by atoms with Crippen molar-refractivity contribution in [3.8, 4) is 0 Å². The number of hydrogen-bond acceptors (Lipinski definition) is 10. The molecule has 0 aliphatic carbocycles. The molecule has 0 aromatic heterocycles. The van der Waals surface area contributed by atoms with Crippen molar-refractivity contribution in [2.45, 2.75) is 118 Å². The van der Waals surface area contributed by atoms with Gasteiger partial charge in [-0.15, -0.1) is 0 Å². The third kappa shape index (κ3) is 5.06. The topological polar surface area (TPSA) is 168 Å². The van der Waals surface area contributed by atoms with E-state index in [1.807, 2.05) is 0 Å². The second-order valence-electron chi connectivity index (χ2n) is 14.1. The standard InChI is InChI=1S/C26H43FO10/c1-20(2,3)14(29)13(28)15-24(33,16(30)21(4,5)6)26(35,18(32)23(10,11)12)25(34,19(36-15)37-27)17(31)22(7,8)9/h14-15,19,29,33-35H,1-12H3/t14?,15-,19-,24+,25+,26+/m1/s1. The van der Waals surface area contributed by atoms with Crippen molar-refractivity contribution >= 4 is 23.1 Å².